The molecule has 0 bridgehead atoms. The Morgan fingerprint density at radius 1 is 1.10 bits per heavy atom. The van der Waals surface area contributed by atoms with Gasteiger partial charge in [-0.2, -0.15) is 0 Å². The van der Waals surface area contributed by atoms with Crippen LogP contribution in [0.5, 0.6) is 11.5 Å². The highest BCUT2D eigenvalue weighted by molar-refractivity contribution is 6.01. The number of oxime groups is 1. The molecule has 0 aliphatic carbocycles. The third kappa shape index (κ3) is 6.76. The van der Waals surface area contributed by atoms with Crippen molar-refractivity contribution < 1.29 is 33.3 Å². The number of hydrogen-bond donors (Lipinski definition) is 0. The molecule has 0 aliphatic rings. The highest BCUT2D eigenvalue weighted by Crippen LogP contribution is 2.17. The van der Waals surface area contributed by atoms with E-state index in [1.54, 1.807) is 38.3 Å². The fourth-order valence-electron chi connectivity index (χ4n) is 2.62. The molecule has 2 rings (SSSR count). The summed E-state index contributed by atoms with van der Waals surface area (Å²) in [4.78, 5) is 19.6. The largest absolute Gasteiger partial charge is 0.497 e. The molecule has 0 spiro atoms. The van der Waals surface area contributed by atoms with Crippen molar-refractivity contribution >= 4 is 11.7 Å². The summed E-state index contributed by atoms with van der Waals surface area (Å²) in [5.41, 5.74) is 2.18. The van der Waals surface area contributed by atoms with Crippen molar-refractivity contribution in [2.75, 3.05) is 27.4 Å². The topological polar surface area (TPSA) is 75.6 Å². The number of methoxy groups -OCH3 is 1. The first kappa shape index (κ1) is 22.2. The first-order valence-corrected chi connectivity index (χ1v) is 9.01. The molecular weight excluding hydrogens is 381 g/mol. The zero-order chi connectivity index (χ0) is 21.1. The van der Waals surface area contributed by atoms with Gasteiger partial charge in [0.1, 0.15) is 30.9 Å². The summed E-state index contributed by atoms with van der Waals surface area (Å²) in [5, 5.41) is 4.02. The van der Waals surface area contributed by atoms with Crippen LogP contribution >= 0.6 is 0 Å². The molecule has 0 saturated carbocycles. The van der Waals surface area contributed by atoms with Crippen LogP contribution in [0.15, 0.2) is 53.7 Å². The molecule has 7 nitrogen and oxygen atoms in total. The molecule has 0 amide bonds. The van der Waals surface area contributed by atoms with E-state index in [2.05, 4.69) is 10.1 Å². The summed E-state index contributed by atoms with van der Waals surface area (Å²) >= 11 is 0. The monoisotopic (exact) mass is 405 g/mol. The smallest absolute Gasteiger partial charge is 0.377 e. The summed E-state index contributed by atoms with van der Waals surface area (Å²) in [6, 6.07) is 14.4. The fraction of sp³-hybridized carbons (Fsp3) is 0.333. The van der Waals surface area contributed by atoms with Gasteiger partial charge in [-0.3, -0.25) is 4.94 Å². The number of ether oxygens (including phenoxy) is 3. The molecule has 29 heavy (non-hydrogen) atoms. The molecule has 1 unspecified atom stereocenters. The number of nitrogens with zero attached hydrogens (tertiary/aromatic N) is 1. The molecule has 0 N–H and O–H groups in total. The standard InChI is InChI=1S/C21H24FNO6/c1-4-27-20(21(24)29-22)12-15-8-10-17(11-9-15)28-14-19(23-26-3)16-6-5-7-18(13-16)25-2/h5-11,13,20H,4,12,14H2,1-3H3/b23-19+. The maximum Gasteiger partial charge on any atom is 0.377 e. The first-order chi connectivity index (χ1) is 14.1. The SMILES string of the molecule is CCOC(Cc1ccc(OC/C(=N\OC)c2cccc(OC)c2)cc1)C(=O)OF. The van der Waals surface area contributed by atoms with Gasteiger partial charge in [-0.05, 0) is 36.8 Å². The minimum atomic E-state index is -1.05. The normalized spacial score (nSPS) is 12.2. The average Bonchev–Trinajstić information content (AvgIpc) is 2.76. The lowest BCUT2D eigenvalue weighted by Crippen LogP contribution is -2.27. The summed E-state index contributed by atoms with van der Waals surface area (Å²) in [6.45, 7) is 2.17. The third-order valence-corrected chi connectivity index (χ3v) is 4.03. The van der Waals surface area contributed by atoms with Crippen molar-refractivity contribution in [3.63, 3.8) is 0 Å². The van der Waals surface area contributed by atoms with E-state index < -0.39 is 12.1 Å². The number of benzene rings is 2. The Morgan fingerprint density at radius 2 is 1.86 bits per heavy atom. The van der Waals surface area contributed by atoms with Gasteiger partial charge in [0.25, 0.3) is 0 Å². The molecule has 8 heteroatoms. The zero-order valence-electron chi connectivity index (χ0n) is 16.6. The van der Waals surface area contributed by atoms with E-state index in [-0.39, 0.29) is 19.6 Å². The van der Waals surface area contributed by atoms with Crippen molar-refractivity contribution in [2.45, 2.75) is 19.4 Å². The van der Waals surface area contributed by atoms with Crippen LogP contribution in [0.3, 0.4) is 0 Å². The van der Waals surface area contributed by atoms with E-state index >= 15 is 0 Å². The van der Waals surface area contributed by atoms with Crippen LogP contribution in [0.1, 0.15) is 18.1 Å². The Morgan fingerprint density at radius 3 is 2.48 bits per heavy atom. The molecule has 0 heterocycles. The van der Waals surface area contributed by atoms with Crippen LogP contribution in [0, 0.1) is 0 Å². The minimum Gasteiger partial charge on any atom is -0.497 e. The summed E-state index contributed by atoms with van der Waals surface area (Å²) in [5.74, 6) is 0.249. The van der Waals surface area contributed by atoms with E-state index in [1.807, 2.05) is 24.3 Å². The maximum absolute atomic E-state index is 12.2. The number of carbonyl (C=O) groups excluding carboxylic acids is 1. The van der Waals surface area contributed by atoms with Crippen molar-refractivity contribution in [3.8, 4) is 11.5 Å². The minimum absolute atomic E-state index is 0.177. The predicted octanol–water partition coefficient (Wildman–Crippen LogP) is 3.50. The molecule has 1 atom stereocenters. The van der Waals surface area contributed by atoms with Gasteiger partial charge in [-0.1, -0.05) is 29.4 Å². The highest BCUT2D eigenvalue weighted by atomic mass is 19.3. The lowest BCUT2D eigenvalue weighted by atomic mass is 10.1. The van der Waals surface area contributed by atoms with Gasteiger partial charge in [0.2, 0.25) is 0 Å². The van der Waals surface area contributed by atoms with Crippen LogP contribution in [-0.2, 0) is 25.7 Å². The molecule has 0 aliphatic heterocycles. The van der Waals surface area contributed by atoms with E-state index in [0.717, 1.165) is 11.1 Å². The van der Waals surface area contributed by atoms with Gasteiger partial charge < -0.3 is 19.0 Å². The Bertz CT molecular complexity index is 809. The van der Waals surface area contributed by atoms with Crippen LogP contribution in [0.25, 0.3) is 0 Å². The van der Waals surface area contributed by atoms with Gasteiger partial charge in [0.15, 0.2) is 6.10 Å². The first-order valence-electron chi connectivity index (χ1n) is 9.01. The van der Waals surface area contributed by atoms with Crippen molar-refractivity contribution in [3.05, 3.63) is 59.7 Å². The van der Waals surface area contributed by atoms with Gasteiger partial charge in [0, 0.05) is 23.1 Å². The second-order valence-electron chi connectivity index (χ2n) is 5.93. The molecule has 156 valence electrons. The molecule has 2 aromatic carbocycles. The Labute approximate surface area is 168 Å². The van der Waals surface area contributed by atoms with Crippen molar-refractivity contribution in [2.24, 2.45) is 5.16 Å². The Kier molecular flexibility index (Phi) is 8.91. The highest BCUT2D eigenvalue weighted by Gasteiger charge is 2.22. The summed E-state index contributed by atoms with van der Waals surface area (Å²) in [7, 11) is 3.06. The van der Waals surface area contributed by atoms with Crippen LogP contribution in [0.4, 0.5) is 4.53 Å². The maximum atomic E-state index is 12.2. The van der Waals surface area contributed by atoms with Gasteiger partial charge in [-0.15, -0.1) is 0 Å². The quantitative estimate of drug-likeness (QED) is 0.421. The van der Waals surface area contributed by atoms with Crippen LogP contribution in [-0.4, -0.2) is 45.2 Å². The Hall–Kier alpha value is -3.13. The Balaban J connectivity index is 2.02. The van der Waals surface area contributed by atoms with E-state index in [0.29, 0.717) is 17.2 Å². The molecular formula is C21H24FNO6. The van der Waals surface area contributed by atoms with Gasteiger partial charge in [-0.25, -0.2) is 4.79 Å². The van der Waals surface area contributed by atoms with Crippen LogP contribution < -0.4 is 9.47 Å². The second-order valence-corrected chi connectivity index (χ2v) is 5.93. The number of hydrogen-bond acceptors (Lipinski definition) is 7. The average molecular weight is 405 g/mol. The molecule has 0 aromatic heterocycles. The zero-order valence-corrected chi connectivity index (χ0v) is 16.6. The third-order valence-electron chi connectivity index (χ3n) is 4.03. The van der Waals surface area contributed by atoms with E-state index in [9.17, 15) is 9.32 Å². The van der Waals surface area contributed by atoms with E-state index in [1.165, 1.54) is 7.11 Å². The van der Waals surface area contributed by atoms with Crippen LogP contribution in [0.2, 0.25) is 0 Å². The van der Waals surface area contributed by atoms with Crippen molar-refractivity contribution in [1.29, 1.82) is 0 Å². The fourth-order valence-corrected chi connectivity index (χ4v) is 2.62. The van der Waals surface area contributed by atoms with Gasteiger partial charge >= 0.3 is 5.97 Å². The number of carbonyl (C=O) groups is 1. The molecule has 0 radical (unpaired) electrons. The molecule has 0 fully saturated rings. The van der Waals surface area contributed by atoms with E-state index in [4.69, 9.17) is 19.0 Å². The molecule has 0 saturated heterocycles. The lowest BCUT2D eigenvalue weighted by Gasteiger charge is -2.13. The molecule has 2 aromatic rings. The lowest BCUT2D eigenvalue weighted by molar-refractivity contribution is -0.196. The summed E-state index contributed by atoms with van der Waals surface area (Å²) < 4.78 is 28.4. The summed E-state index contributed by atoms with van der Waals surface area (Å²) in [6.07, 6.45) is -0.804. The van der Waals surface area contributed by atoms with Crippen molar-refractivity contribution in [1.82, 2.24) is 0 Å². The predicted molar refractivity (Wildman–Crippen MR) is 105 cm³/mol. The number of halogens is 1. The van der Waals surface area contributed by atoms with Gasteiger partial charge in [0.05, 0.1) is 7.11 Å². The number of rotatable bonds is 11. The second kappa shape index (κ2) is 11.7.